The van der Waals surface area contributed by atoms with Gasteiger partial charge in [0.2, 0.25) is 0 Å². The first-order valence-corrected chi connectivity index (χ1v) is 6.57. The van der Waals surface area contributed by atoms with E-state index in [0.717, 1.165) is 11.1 Å². The van der Waals surface area contributed by atoms with Crippen molar-refractivity contribution >= 4 is 11.9 Å². The molecule has 5 heteroatoms. The van der Waals surface area contributed by atoms with E-state index >= 15 is 0 Å². The van der Waals surface area contributed by atoms with Crippen LogP contribution in [-0.4, -0.2) is 23.5 Å². The Bertz CT molecular complexity index is 609. The van der Waals surface area contributed by atoms with Gasteiger partial charge in [-0.05, 0) is 23.3 Å². The van der Waals surface area contributed by atoms with Gasteiger partial charge in [0.05, 0.1) is 6.42 Å². The van der Waals surface area contributed by atoms with Gasteiger partial charge >= 0.3 is 5.97 Å². The lowest BCUT2D eigenvalue weighted by molar-refractivity contribution is -0.136. The third-order valence-corrected chi connectivity index (χ3v) is 2.92. The highest BCUT2D eigenvalue weighted by molar-refractivity contribution is 5.94. The molecule has 0 atom stereocenters. The minimum absolute atomic E-state index is 0.0484. The van der Waals surface area contributed by atoms with Crippen LogP contribution in [0.3, 0.4) is 0 Å². The second-order valence-corrected chi connectivity index (χ2v) is 4.47. The van der Waals surface area contributed by atoms with Crippen molar-refractivity contribution in [3.63, 3.8) is 0 Å². The lowest BCUT2D eigenvalue weighted by atomic mass is 10.0. The van der Waals surface area contributed by atoms with Crippen LogP contribution in [0.4, 0.5) is 0 Å². The van der Waals surface area contributed by atoms with Crippen LogP contribution < -0.4 is 10.9 Å². The standard InChI is InChI=1S/C16H16N2O3/c19-15(20)10-11-17-18-16(21)14-8-6-13(7-9-14)12-4-2-1-3-5-12/h1-9,17H,10-11H2,(H,18,21)(H,19,20). The van der Waals surface area contributed by atoms with Crippen molar-refractivity contribution in [2.75, 3.05) is 6.54 Å². The summed E-state index contributed by atoms with van der Waals surface area (Å²) in [6, 6.07) is 17.1. The summed E-state index contributed by atoms with van der Waals surface area (Å²) in [6.07, 6.45) is -0.0484. The van der Waals surface area contributed by atoms with E-state index in [4.69, 9.17) is 5.11 Å². The van der Waals surface area contributed by atoms with Gasteiger partial charge in [0.1, 0.15) is 0 Å². The summed E-state index contributed by atoms with van der Waals surface area (Å²) in [6.45, 7) is 0.184. The molecule has 1 amide bonds. The van der Waals surface area contributed by atoms with E-state index < -0.39 is 5.97 Å². The van der Waals surface area contributed by atoms with Crippen LogP contribution in [0.1, 0.15) is 16.8 Å². The molecule has 0 saturated heterocycles. The third-order valence-electron chi connectivity index (χ3n) is 2.92. The Labute approximate surface area is 122 Å². The molecule has 2 aromatic rings. The van der Waals surface area contributed by atoms with Gasteiger partial charge in [-0.25, -0.2) is 5.43 Å². The fourth-order valence-electron chi connectivity index (χ4n) is 1.83. The fourth-order valence-corrected chi connectivity index (χ4v) is 1.83. The van der Waals surface area contributed by atoms with Crippen molar-refractivity contribution in [1.82, 2.24) is 10.9 Å². The van der Waals surface area contributed by atoms with Gasteiger partial charge in [-0.3, -0.25) is 15.0 Å². The summed E-state index contributed by atoms with van der Waals surface area (Å²) in [5, 5.41) is 8.48. The Morgan fingerprint density at radius 1 is 0.905 bits per heavy atom. The highest BCUT2D eigenvalue weighted by atomic mass is 16.4. The maximum Gasteiger partial charge on any atom is 0.304 e. The number of nitrogens with one attached hydrogen (secondary N) is 2. The zero-order chi connectivity index (χ0) is 15.1. The first-order chi connectivity index (χ1) is 10.2. The number of benzene rings is 2. The van der Waals surface area contributed by atoms with Crippen molar-refractivity contribution in [2.45, 2.75) is 6.42 Å². The third kappa shape index (κ3) is 4.43. The summed E-state index contributed by atoms with van der Waals surface area (Å²) in [5.41, 5.74) is 7.67. The molecule has 0 bridgehead atoms. The van der Waals surface area contributed by atoms with Crippen molar-refractivity contribution in [3.05, 3.63) is 60.2 Å². The molecule has 0 aliphatic carbocycles. The maximum absolute atomic E-state index is 11.8. The molecule has 0 heterocycles. The van der Waals surface area contributed by atoms with Crippen LogP contribution >= 0.6 is 0 Å². The predicted octanol–water partition coefficient (Wildman–Crippen LogP) is 2.06. The molecule has 0 fully saturated rings. The molecule has 0 aliphatic heterocycles. The molecule has 5 nitrogen and oxygen atoms in total. The zero-order valence-electron chi connectivity index (χ0n) is 11.4. The Morgan fingerprint density at radius 3 is 2.14 bits per heavy atom. The molecule has 2 rings (SSSR count). The van der Waals surface area contributed by atoms with Crippen LogP contribution in [0.2, 0.25) is 0 Å². The van der Waals surface area contributed by atoms with Crippen LogP contribution in [0.5, 0.6) is 0 Å². The molecule has 0 saturated carbocycles. The normalized spacial score (nSPS) is 10.1. The number of amides is 1. The largest absolute Gasteiger partial charge is 0.481 e. The first-order valence-electron chi connectivity index (χ1n) is 6.57. The number of rotatable bonds is 6. The Hall–Kier alpha value is -2.66. The predicted molar refractivity (Wildman–Crippen MR) is 79.6 cm³/mol. The molecule has 21 heavy (non-hydrogen) atoms. The lowest BCUT2D eigenvalue weighted by Crippen LogP contribution is -2.38. The van der Waals surface area contributed by atoms with Gasteiger partial charge in [0, 0.05) is 12.1 Å². The summed E-state index contributed by atoms with van der Waals surface area (Å²) < 4.78 is 0. The quantitative estimate of drug-likeness (QED) is 0.560. The minimum atomic E-state index is -0.913. The molecule has 0 unspecified atom stereocenters. The molecule has 0 aliphatic rings. The number of hydrogen-bond acceptors (Lipinski definition) is 3. The van der Waals surface area contributed by atoms with E-state index in [1.54, 1.807) is 12.1 Å². The summed E-state index contributed by atoms with van der Waals surface area (Å²) >= 11 is 0. The molecule has 3 N–H and O–H groups in total. The summed E-state index contributed by atoms with van der Waals surface area (Å²) in [7, 11) is 0. The van der Waals surface area contributed by atoms with Gasteiger partial charge in [-0.15, -0.1) is 0 Å². The average Bonchev–Trinajstić information content (AvgIpc) is 2.52. The molecule has 108 valence electrons. The molecular formula is C16H16N2O3. The van der Waals surface area contributed by atoms with E-state index in [1.807, 2.05) is 42.5 Å². The fraction of sp³-hybridized carbons (Fsp3) is 0.125. The smallest absolute Gasteiger partial charge is 0.304 e. The number of carbonyl (C=O) groups excluding carboxylic acids is 1. The van der Waals surface area contributed by atoms with Crippen molar-refractivity contribution in [2.24, 2.45) is 0 Å². The van der Waals surface area contributed by atoms with Gasteiger partial charge in [-0.1, -0.05) is 42.5 Å². The van der Waals surface area contributed by atoms with E-state index in [2.05, 4.69) is 10.9 Å². The SMILES string of the molecule is O=C(O)CCNNC(=O)c1ccc(-c2ccccc2)cc1. The Balaban J connectivity index is 1.93. The summed E-state index contributed by atoms with van der Waals surface area (Å²) in [5.74, 6) is -1.20. The number of carboxylic acid groups (broad SMARTS) is 1. The zero-order valence-corrected chi connectivity index (χ0v) is 11.4. The van der Waals surface area contributed by atoms with Crippen molar-refractivity contribution in [1.29, 1.82) is 0 Å². The number of carboxylic acids is 1. The Kier molecular flexibility index (Phi) is 5.06. The number of hydrazine groups is 1. The highest BCUT2D eigenvalue weighted by Crippen LogP contribution is 2.19. The second-order valence-electron chi connectivity index (χ2n) is 4.47. The number of carbonyl (C=O) groups is 2. The maximum atomic E-state index is 11.8. The van der Waals surface area contributed by atoms with Crippen molar-refractivity contribution in [3.8, 4) is 11.1 Å². The lowest BCUT2D eigenvalue weighted by Gasteiger charge is -2.07. The molecule has 2 aromatic carbocycles. The topological polar surface area (TPSA) is 78.4 Å². The van der Waals surface area contributed by atoms with E-state index in [-0.39, 0.29) is 18.9 Å². The average molecular weight is 284 g/mol. The van der Waals surface area contributed by atoms with E-state index in [0.29, 0.717) is 5.56 Å². The first kappa shape index (κ1) is 14.7. The molecule has 0 aromatic heterocycles. The highest BCUT2D eigenvalue weighted by Gasteiger charge is 2.05. The van der Waals surface area contributed by atoms with Gasteiger partial charge < -0.3 is 5.11 Å². The molecular weight excluding hydrogens is 268 g/mol. The van der Waals surface area contributed by atoms with Crippen LogP contribution in [0, 0.1) is 0 Å². The summed E-state index contributed by atoms with van der Waals surface area (Å²) in [4.78, 5) is 22.1. The van der Waals surface area contributed by atoms with E-state index in [1.165, 1.54) is 0 Å². The van der Waals surface area contributed by atoms with Crippen LogP contribution in [0.15, 0.2) is 54.6 Å². The van der Waals surface area contributed by atoms with Crippen LogP contribution in [-0.2, 0) is 4.79 Å². The Morgan fingerprint density at radius 2 is 1.52 bits per heavy atom. The van der Waals surface area contributed by atoms with Gasteiger partial charge in [0.25, 0.3) is 5.91 Å². The molecule has 0 spiro atoms. The van der Waals surface area contributed by atoms with Crippen molar-refractivity contribution < 1.29 is 14.7 Å². The van der Waals surface area contributed by atoms with Gasteiger partial charge in [0.15, 0.2) is 0 Å². The number of aliphatic carboxylic acids is 1. The monoisotopic (exact) mass is 284 g/mol. The van der Waals surface area contributed by atoms with E-state index in [9.17, 15) is 9.59 Å². The van der Waals surface area contributed by atoms with Crippen LogP contribution in [0.25, 0.3) is 11.1 Å². The van der Waals surface area contributed by atoms with Gasteiger partial charge in [-0.2, -0.15) is 0 Å². The molecule has 0 radical (unpaired) electrons. The number of hydrogen-bond donors (Lipinski definition) is 3. The second kappa shape index (κ2) is 7.21. The minimum Gasteiger partial charge on any atom is -0.481 e.